The quantitative estimate of drug-likeness (QED) is 0.775. The van der Waals surface area contributed by atoms with Gasteiger partial charge >= 0.3 is 0 Å². The molecule has 1 aromatic heterocycles. The minimum Gasteiger partial charge on any atom is -0.481 e. The number of carbonyl (C=O) groups excluding carboxylic acids is 1. The van der Waals surface area contributed by atoms with E-state index in [1.165, 1.54) is 18.1 Å². The van der Waals surface area contributed by atoms with Gasteiger partial charge in [-0.3, -0.25) is 9.69 Å². The SMILES string of the molecule is C=CC1CC(=O)N(c2nc(N)cc(OC)n2)C1. The van der Waals surface area contributed by atoms with E-state index in [0.717, 1.165) is 0 Å². The van der Waals surface area contributed by atoms with Crippen LogP contribution in [0.2, 0.25) is 0 Å². The lowest BCUT2D eigenvalue weighted by molar-refractivity contribution is -0.117. The van der Waals surface area contributed by atoms with E-state index in [0.29, 0.717) is 18.8 Å². The van der Waals surface area contributed by atoms with Crippen molar-refractivity contribution in [2.45, 2.75) is 6.42 Å². The fourth-order valence-corrected chi connectivity index (χ4v) is 1.74. The first-order chi connectivity index (χ1) is 8.13. The van der Waals surface area contributed by atoms with E-state index in [9.17, 15) is 4.79 Å². The molecule has 1 saturated heterocycles. The molecule has 0 spiro atoms. The van der Waals surface area contributed by atoms with Crippen LogP contribution < -0.4 is 15.4 Å². The molecule has 1 atom stereocenters. The Bertz CT molecular complexity index is 461. The summed E-state index contributed by atoms with van der Waals surface area (Å²) in [6.45, 7) is 4.22. The predicted molar refractivity (Wildman–Crippen MR) is 63.7 cm³/mol. The van der Waals surface area contributed by atoms with Crippen molar-refractivity contribution >= 4 is 17.7 Å². The minimum absolute atomic E-state index is 0.0254. The first-order valence-corrected chi connectivity index (χ1v) is 5.25. The van der Waals surface area contributed by atoms with Crippen LogP contribution in [0, 0.1) is 5.92 Å². The van der Waals surface area contributed by atoms with Crippen LogP contribution in [-0.2, 0) is 4.79 Å². The van der Waals surface area contributed by atoms with Gasteiger partial charge in [0.05, 0.1) is 7.11 Å². The fraction of sp³-hybridized carbons (Fsp3) is 0.364. The van der Waals surface area contributed by atoms with Crippen molar-refractivity contribution in [3.05, 3.63) is 18.7 Å². The Morgan fingerprint density at radius 1 is 1.65 bits per heavy atom. The third kappa shape index (κ3) is 2.20. The number of carbonyl (C=O) groups is 1. The highest BCUT2D eigenvalue weighted by molar-refractivity contribution is 5.94. The average molecular weight is 234 g/mol. The highest BCUT2D eigenvalue weighted by atomic mass is 16.5. The van der Waals surface area contributed by atoms with Crippen molar-refractivity contribution in [1.82, 2.24) is 9.97 Å². The van der Waals surface area contributed by atoms with Gasteiger partial charge in [-0.2, -0.15) is 9.97 Å². The van der Waals surface area contributed by atoms with Crippen molar-refractivity contribution < 1.29 is 9.53 Å². The van der Waals surface area contributed by atoms with Gasteiger partial charge in [-0.15, -0.1) is 6.58 Å². The van der Waals surface area contributed by atoms with Crippen LogP contribution in [0.4, 0.5) is 11.8 Å². The minimum atomic E-state index is -0.0254. The van der Waals surface area contributed by atoms with E-state index in [1.807, 2.05) is 0 Å². The van der Waals surface area contributed by atoms with Crippen molar-refractivity contribution in [2.24, 2.45) is 5.92 Å². The highest BCUT2D eigenvalue weighted by Gasteiger charge is 2.30. The number of hydrogen-bond acceptors (Lipinski definition) is 5. The molecule has 1 aromatic rings. The van der Waals surface area contributed by atoms with E-state index >= 15 is 0 Å². The molecule has 90 valence electrons. The Kier molecular flexibility index (Phi) is 2.95. The highest BCUT2D eigenvalue weighted by Crippen LogP contribution is 2.25. The molecule has 1 unspecified atom stereocenters. The van der Waals surface area contributed by atoms with Gasteiger partial charge in [0.2, 0.25) is 17.7 Å². The first-order valence-electron chi connectivity index (χ1n) is 5.25. The van der Waals surface area contributed by atoms with E-state index in [-0.39, 0.29) is 23.6 Å². The molecule has 2 N–H and O–H groups in total. The van der Waals surface area contributed by atoms with Crippen molar-refractivity contribution in [3.63, 3.8) is 0 Å². The standard InChI is InChI=1S/C11H14N4O2/c1-3-7-4-10(16)15(6-7)11-13-8(12)5-9(14-11)17-2/h3,5,7H,1,4,6H2,2H3,(H2,12,13,14). The molecule has 17 heavy (non-hydrogen) atoms. The molecule has 0 bridgehead atoms. The van der Waals surface area contributed by atoms with Crippen LogP contribution in [0.1, 0.15) is 6.42 Å². The van der Waals surface area contributed by atoms with Gasteiger partial charge in [-0.25, -0.2) is 0 Å². The summed E-state index contributed by atoms with van der Waals surface area (Å²) in [6, 6.07) is 1.51. The molecule has 2 rings (SSSR count). The van der Waals surface area contributed by atoms with Crippen molar-refractivity contribution in [1.29, 1.82) is 0 Å². The third-order valence-electron chi connectivity index (χ3n) is 2.65. The number of methoxy groups -OCH3 is 1. The van der Waals surface area contributed by atoms with Crippen LogP contribution in [0.5, 0.6) is 5.88 Å². The lowest BCUT2D eigenvalue weighted by atomic mass is 10.1. The van der Waals surface area contributed by atoms with Crippen LogP contribution in [0.25, 0.3) is 0 Å². The maximum atomic E-state index is 11.8. The van der Waals surface area contributed by atoms with Crippen LogP contribution in [0.3, 0.4) is 0 Å². The molecule has 0 radical (unpaired) electrons. The topological polar surface area (TPSA) is 81.3 Å². The Hall–Kier alpha value is -2.11. The van der Waals surface area contributed by atoms with E-state index in [1.54, 1.807) is 6.08 Å². The monoisotopic (exact) mass is 234 g/mol. The maximum absolute atomic E-state index is 11.8. The van der Waals surface area contributed by atoms with E-state index in [2.05, 4.69) is 16.5 Å². The normalized spacial score (nSPS) is 19.5. The second-order valence-electron chi connectivity index (χ2n) is 3.84. The Labute approximate surface area is 99.1 Å². The molecule has 6 nitrogen and oxygen atoms in total. The smallest absolute Gasteiger partial charge is 0.237 e. The third-order valence-corrected chi connectivity index (χ3v) is 2.65. The summed E-state index contributed by atoms with van der Waals surface area (Å²) in [6.07, 6.45) is 2.20. The van der Waals surface area contributed by atoms with Crippen LogP contribution >= 0.6 is 0 Å². The molecule has 1 aliphatic heterocycles. The Morgan fingerprint density at radius 3 is 3.00 bits per heavy atom. The molecule has 0 aromatic carbocycles. The first kappa shape index (κ1) is 11.4. The fourth-order valence-electron chi connectivity index (χ4n) is 1.74. The number of nitrogens with two attached hydrogens (primary N) is 1. The molecule has 6 heteroatoms. The molecular weight excluding hydrogens is 220 g/mol. The molecule has 0 aliphatic carbocycles. The molecule has 1 aliphatic rings. The van der Waals surface area contributed by atoms with Crippen molar-refractivity contribution in [2.75, 3.05) is 24.3 Å². The Balaban J connectivity index is 2.31. The number of ether oxygens (including phenoxy) is 1. The summed E-state index contributed by atoms with van der Waals surface area (Å²) in [5, 5.41) is 0. The summed E-state index contributed by atoms with van der Waals surface area (Å²) >= 11 is 0. The van der Waals surface area contributed by atoms with Gasteiger partial charge < -0.3 is 10.5 Å². The zero-order valence-electron chi connectivity index (χ0n) is 9.59. The molecular formula is C11H14N4O2. The number of amides is 1. The number of aromatic nitrogens is 2. The summed E-state index contributed by atoms with van der Waals surface area (Å²) in [5.74, 6) is 1.03. The number of anilines is 2. The number of hydrogen-bond donors (Lipinski definition) is 1. The predicted octanol–water partition coefficient (Wildman–Crippen LogP) is 0.606. The largest absolute Gasteiger partial charge is 0.481 e. The second-order valence-corrected chi connectivity index (χ2v) is 3.84. The number of nitrogen functional groups attached to an aromatic ring is 1. The second kappa shape index (κ2) is 4.40. The van der Waals surface area contributed by atoms with Gasteiger partial charge in [-0.05, 0) is 0 Å². The summed E-state index contributed by atoms with van der Waals surface area (Å²) in [7, 11) is 1.49. The van der Waals surface area contributed by atoms with Gasteiger partial charge in [0.25, 0.3) is 0 Å². The molecule has 1 fully saturated rings. The summed E-state index contributed by atoms with van der Waals surface area (Å²) < 4.78 is 4.99. The van der Waals surface area contributed by atoms with E-state index < -0.39 is 0 Å². The van der Waals surface area contributed by atoms with Gasteiger partial charge in [-0.1, -0.05) is 6.08 Å². The number of rotatable bonds is 3. The molecule has 1 amide bonds. The van der Waals surface area contributed by atoms with Gasteiger partial charge in [0.15, 0.2) is 0 Å². The van der Waals surface area contributed by atoms with Gasteiger partial charge in [0.1, 0.15) is 5.82 Å². The average Bonchev–Trinajstić information content (AvgIpc) is 2.69. The lowest BCUT2D eigenvalue weighted by Crippen LogP contribution is -2.26. The van der Waals surface area contributed by atoms with Crippen LogP contribution in [-0.4, -0.2) is 29.5 Å². The Morgan fingerprint density at radius 2 is 2.41 bits per heavy atom. The van der Waals surface area contributed by atoms with Gasteiger partial charge in [0, 0.05) is 24.9 Å². The maximum Gasteiger partial charge on any atom is 0.237 e. The number of nitrogens with zero attached hydrogens (tertiary/aromatic N) is 3. The molecule has 2 heterocycles. The van der Waals surface area contributed by atoms with E-state index in [4.69, 9.17) is 10.5 Å². The summed E-state index contributed by atoms with van der Waals surface area (Å²) in [5.41, 5.74) is 5.63. The van der Waals surface area contributed by atoms with Crippen LogP contribution in [0.15, 0.2) is 18.7 Å². The zero-order valence-corrected chi connectivity index (χ0v) is 9.59. The molecule has 0 saturated carbocycles. The lowest BCUT2D eigenvalue weighted by Gasteiger charge is -2.14. The zero-order chi connectivity index (χ0) is 12.4. The summed E-state index contributed by atoms with van der Waals surface area (Å²) in [4.78, 5) is 21.4. The van der Waals surface area contributed by atoms with Crippen molar-refractivity contribution in [3.8, 4) is 5.88 Å².